The van der Waals surface area contributed by atoms with Crippen molar-refractivity contribution in [3.05, 3.63) is 0 Å². The summed E-state index contributed by atoms with van der Waals surface area (Å²) in [4.78, 5) is 23.1. The molecule has 5 heteroatoms. The molecule has 5 nitrogen and oxygen atoms in total. The third-order valence-corrected chi connectivity index (χ3v) is 2.30. The van der Waals surface area contributed by atoms with Gasteiger partial charge in [-0.3, -0.25) is 4.90 Å². The van der Waals surface area contributed by atoms with Crippen LogP contribution < -0.4 is 0 Å². The molecule has 0 radical (unpaired) electrons. The van der Waals surface area contributed by atoms with Crippen LogP contribution in [0.15, 0.2) is 0 Å². The smallest absolute Gasteiger partial charge is 0.449 e. The number of likely N-dealkylation sites (N-methyl/N-ethyl adjacent to an activating group) is 1. The van der Waals surface area contributed by atoms with Crippen LogP contribution in [-0.4, -0.2) is 41.8 Å². The topological polar surface area (TPSA) is 66.8 Å². The molecule has 1 unspecified atom stereocenters. The highest BCUT2D eigenvalue weighted by Gasteiger charge is 2.36. The predicted molar refractivity (Wildman–Crippen MR) is 46.5 cm³/mol. The molecular formula is C8H15NO4. The Morgan fingerprint density at radius 2 is 1.92 bits per heavy atom. The summed E-state index contributed by atoms with van der Waals surface area (Å²) in [5.74, 6) is -0.743. The van der Waals surface area contributed by atoms with Crippen LogP contribution in [-0.2, 0) is 9.53 Å². The second kappa shape index (κ2) is 4.23. The maximum Gasteiger partial charge on any atom is 0.513 e. The molecule has 0 fully saturated rings. The van der Waals surface area contributed by atoms with E-state index in [-0.39, 0.29) is 0 Å². The van der Waals surface area contributed by atoms with Crippen molar-refractivity contribution in [2.75, 3.05) is 14.1 Å². The minimum Gasteiger partial charge on any atom is -0.449 e. The first-order chi connectivity index (χ1) is 5.84. The van der Waals surface area contributed by atoms with Gasteiger partial charge in [-0.1, -0.05) is 6.92 Å². The van der Waals surface area contributed by atoms with E-state index in [2.05, 4.69) is 4.74 Å². The average Bonchev–Trinajstić information content (AvgIpc) is 2.01. The van der Waals surface area contributed by atoms with Crippen molar-refractivity contribution in [2.45, 2.75) is 25.8 Å². The molecule has 0 aromatic rings. The highest BCUT2D eigenvalue weighted by Crippen LogP contribution is 2.17. The monoisotopic (exact) mass is 189 g/mol. The number of carbonyl (C=O) groups is 2. The van der Waals surface area contributed by atoms with E-state index in [0.29, 0.717) is 6.42 Å². The summed E-state index contributed by atoms with van der Waals surface area (Å²) in [6.07, 6.45) is -1.07. The number of esters is 1. The Labute approximate surface area is 77.3 Å². The number of hydrogen-bond acceptors (Lipinski definition) is 4. The quantitative estimate of drug-likeness (QED) is 0.528. The Kier molecular flexibility index (Phi) is 3.87. The van der Waals surface area contributed by atoms with E-state index in [0.717, 1.165) is 0 Å². The molecular weight excluding hydrogens is 174 g/mol. The van der Waals surface area contributed by atoms with Crippen molar-refractivity contribution in [3.63, 3.8) is 0 Å². The van der Waals surface area contributed by atoms with Crippen molar-refractivity contribution >= 4 is 12.1 Å². The number of ether oxygens (including phenoxy) is 1. The van der Waals surface area contributed by atoms with Crippen LogP contribution in [0.2, 0.25) is 0 Å². The van der Waals surface area contributed by atoms with Crippen LogP contribution in [0.25, 0.3) is 0 Å². The van der Waals surface area contributed by atoms with Crippen LogP contribution in [0.3, 0.4) is 0 Å². The van der Waals surface area contributed by atoms with Gasteiger partial charge < -0.3 is 9.84 Å². The lowest BCUT2D eigenvalue weighted by Gasteiger charge is -2.31. The first-order valence-electron chi connectivity index (χ1n) is 3.97. The first-order valence-corrected chi connectivity index (χ1v) is 3.97. The van der Waals surface area contributed by atoms with Gasteiger partial charge in [0.1, 0.15) is 5.54 Å². The zero-order valence-corrected chi connectivity index (χ0v) is 8.33. The highest BCUT2D eigenvalue weighted by molar-refractivity contribution is 5.87. The Balaban J connectivity index is 4.57. The Morgan fingerprint density at radius 3 is 2.15 bits per heavy atom. The van der Waals surface area contributed by atoms with Crippen LogP contribution in [0.4, 0.5) is 4.79 Å². The molecule has 0 saturated heterocycles. The Morgan fingerprint density at radius 1 is 1.46 bits per heavy atom. The van der Waals surface area contributed by atoms with E-state index in [4.69, 9.17) is 5.11 Å². The summed E-state index contributed by atoms with van der Waals surface area (Å²) in [6.45, 7) is 3.43. The van der Waals surface area contributed by atoms with Gasteiger partial charge in [0.2, 0.25) is 0 Å². The first kappa shape index (κ1) is 11.9. The molecule has 0 aromatic heterocycles. The third-order valence-electron chi connectivity index (χ3n) is 2.30. The minimum atomic E-state index is -1.56. The van der Waals surface area contributed by atoms with Crippen molar-refractivity contribution in [1.29, 1.82) is 0 Å². The largest absolute Gasteiger partial charge is 0.513 e. The van der Waals surface area contributed by atoms with Gasteiger partial charge in [-0.15, -0.1) is 0 Å². The highest BCUT2D eigenvalue weighted by atomic mass is 16.7. The second-order valence-corrected chi connectivity index (χ2v) is 3.18. The molecule has 0 spiro atoms. The molecule has 0 aliphatic heterocycles. The molecule has 76 valence electrons. The molecule has 0 aliphatic rings. The molecule has 0 heterocycles. The standard InChI is InChI=1S/C8H15NO4/c1-5-8(2,9(3)4)6(10)13-7(11)12/h5H2,1-4H3,(H,11,12). The van der Waals surface area contributed by atoms with Gasteiger partial charge in [-0.05, 0) is 27.4 Å². The van der Waals surface area contributed by atoms with Gasteiger partial charge in [-0.25, -0.2) is 9.59 Å². The van der Waals surface area contributed by atoms with Gasteiger partial charge in [0.05, 0.1) is 0 Å². The summed E-state index contributed by atoms with van der Waals surface area (Å²) in [5.41, 5.74) is -0.877. The van der Waals surface area contributed by atoms with Gasteiger partial charge >= 0.3 is 12.1 Å². The van der Waals surface area contributed by atoms with Crippen LogP contribution in [0, 0.1) is 0 Å². The van der Waals surface area contributed by atoms with E-state index in [1.165, 1.54) is 0 Å². The number of nitrogens with zero attached hydrogens (tertiary/aromatic N) is 1. The fraction of sp³-hybridized carbons (Fsp3) is 0.750. The van der Waals surface area contributed by atoms with Crippen LogP contribution in [0.5, 0.6) is 0 Å². The molecule has 0 aliphatic carbocycles. The lowest BCUT2D eigenvalue weighted by atomic mass is 9.98. The molecule has 13 heavy (non-hydrogen) atoms. The Bertz CT molecular complexity index is 214. The molecule has 0 bridgehead atoms. The van der Waals surface area contributed by atoms with Crippen LogP contribution >= 0.6 is 0 Å². The summed E-state index contributed by atoms with van der Waals surface area (Å²) in [7, 11) is 3.40. The SMILES string of the molecule is CCC(C)(C(=O)OC(=O)O)N(C)C. The summed E-state index contributed by atoms with van der Waals surface area (Å²) < 4.78 is 4.10. The van der Waals surface area contributed by atoms with E-state index in [1.807, 2.05) is 0 Å². The normalized spacial score (nSPS) is 15.2. The molecule has 1 N–H and O–H groups in total. The van der Waals surface area contributed by atoms with Crippen molar-refractivity contribution in [1.82, 2.24) is 4.90 Å². The van der Waals surface area contributed by atoms with E-state index >= 15 is 0 Å². The molecule has 1 atom stereocenters. The van der Waals surface area contributed by atoms with Crippen LogP contribution in [0.1, 0.15) is 20.3 Å². The van der Waals surface area contributed by atoms with Gasteiger partial charge in [-0.2, -0.15) is 0 Å². The lowest BCUT2D eigenvalue weighted by molar-refractivity contribution is -0.151. The molecule has 0 saturated carbocycles. The molecule has 0 rings (SSSR count). The van der Waals surface area contributed by atoms with E-state index in [9.17, 15) is 9.59 Å². The third kappa shape index (κ3) is 2.69. The maximum atomic E-state index is 11.3. The number of hydrogen-bond donors (Lipinski definition) is 1. The van der Waals surface area contributed by atoms with Crippen molar-refractivity contribution in [3.8, 4) is 0 Å². The zero-order chi connectivity index (χ0) is 10.6. The summed E-state index contributed by atoms with van der Waals surface area (Å²) in [6, 6.07) is 0. The second-order valence-electron chi connectivity index (χ2n) is 3.18. The van der Waals surface area contributed by atoms with Gasteiger partial charge in [0.15, 0.2) is 0 Å². The fourth-order valence-corrected chi connectivity index (χ4v) is 0.832. The maximum absolute atomic E-state index is 11.3. The Hall–Kier alpha value is -1.10. The number of rotatable bonds is 3. The summed E-state index contributed by atoms with van der Waals surface area (Å²) in [5, 5.41) is 8.26. The molecule has 0 amide bonds. The predicted octanol–water partition coefficient (Wildman–Crippen LogP) is 0.938. The van der Waals surface area contributed by atoms with E-state index in [1.54, 1.807) is 32.8 Å². The zero-order valence-electron chi connectivity index (χ0n) is 8.33. The fourth-order valence-electron chi connectivity index (χ4n) is 0.832. The molecule has 0 aromatic carbocycles. The number of carbonyl (C=O) groups excluding carboxylic acids is 1. The van der Waals surface area contributed by atoms with Crippen molar-refractivity contribution in [2.24, 2.45) is 0 Å². The summed E-state index contributed by atoms with van der Waals surface area (Å²) >= 11 is 0. The number of carboxylic acid groups (broad SMARTS) is 1. The van der Waals surface area contributed by atoms with Gasteiger partial charge in [0, 0.05) is 0 Å². The van der Waals surface area contributed by atoms with Gasteiger partial charge in [0.25, 0.3) is 0 Å². The van der Waals surface area contributed by atoms with Crippen molar-refractivity contribution < 1.29 is 19.4 Å². The van der Waals surface area contributed by atoms with E-state index < -0.39 is 17.7 Å². The average molecular weight is 189 g/mol. The minimum absolute atomic E-state index is 0.492. The lowest BCUT2D eigenvalue weighted by Crippen LogP contribution is -2.49.